The van der Waals surface area contributed by atoms with Crippen molar-refractivity contribution in [2.24, 2.45) is 5.73 Å². The van der Waals surface area contributed by atoms with E-state index in [-0.39, 0.29) is 10.8 Å². The van der Waals surface area contributed by atoms with Crippen LogP contribution >= 0.6 is 0 Å². The molecule has 0 saturated heterocycles. The quantitative estimate of drug-likeness (QED) is 0.793. The topological polar surface area (TPSA) is 51.8 Å². The smallest absolute Gasteiger partial charge is 0.0763 e. The molecule has 0 saturated carbocycles. The minimum atomic E-state index is -0.00187. The number of hydrogen-bond donors (Lipinski definition) is 1. The zero-order chi connectivity index (χ0) is 12.6. The Morgan fingerprint density at radius 3 is 2.00 bits per heavy atom. The van der Waals surface area contributed by atoms with Gasteiger partial charge in [0.05, 0.1) is 17.1 Å². The molecule has 1 aromatic heterocycles. The fourth-order valence-electron chi connectivity index (χ4n) is 1.56. The largest absolute Gasteiger partial charge is 0.325 e. The van der Waals surface area contributed by atoms with Gasteiger partial charge in [0.25, 0.3) is 0 Å². The van der Waals surface area contributed by atoms with Gasteiger partial charge in [0, 0.05) is 23.6 Å². The van der Waals surface area contributed by atoms with Gasteiger partial charge in [-0.2, -0.15) is 0 Å². The molecule has 0 aliphatic rings. The Labute approximate surface area is 98.5 Å². The summed E-state index contributed by atoms with van der Waals surface area (Å²) in [5, 5.41) is 0. The van der Waals surface area contributed by atoms with Gasteiger partial charge in [-0.05, 0) is 0 Å². The van der Waals surface area contributed by atoms with Crippen molar-refractivity contribution in [2.45, 2.75) is 58.9 Å². The second kappa shape index (κ2) is 4.13. The first-order valence-electron chi connectivity index (χ1n) is 5.73. The summed E-state index contributed by atoms with van der Waals surface area (Å²) in [5.41, 5.74) is 8.70. The molecule has 0 bridgehead atoms. The van der Waals surface area contributed by atoms with Crippen molar-refractivity contribution < 1.29 is 0 Å². The monoisotopic (exact) mass is 221 g/mol. The van der Waals surface area contributed by atoms with Crippen LogP contribution in [0.3, 0.4) is 0 Å². The summed E-state index contributed by atoms with van der Waals surface area (Å²) < 4.78 is 0. The molecule has 0 amide bonds. The van der Waals surface area contributed by atoms with Crippen LogP contribution in [-0.4, -0.2) is 9.97 Å². The van der Waals surface area contributed by atoms with E-state index in [0.717, 1.165) is 17.1 Å². The van der Waals surface area contributed by atoms with Gasteiger partial charge >= 0.3 is 0 Å². The van der Waals surface area contributed by atoms with Crippen LogP contribution in [0.4, 0.5) is 0 Å². The predicted octanol–water partition coefficient (Wildman–Crippen LogP) is 2.53. The van der Waals surface area contributed by atoms with Crippen LogP contribution < -0.4 is 5.73 Å². The lowest BCUT2D eigenvalue weighted by atomic mass is 9.88. The van der Waals surface area contributed by atoms with Crippen molar-refractivity contribution in [1.82, 2.24) is 9.97 Å². The van der Waals surface area contributed by atoms with E-state index in [9.17, 15) is 0 Å². The van der Waals surface area contributed by atoms with Gasteiger partial charge in [-0.25, -0.2) is 0 Å². The van der Waals surface area contributed by atoms with Gasteiger partial charge in [-0.1, -0.05) is 41.5 Å². The molecule has 2 N–H and O–H groups in total. The molecule has 0 fully saturated rings. The summed E-state index contributed by atoms with van der Waals surface area (Å²) in [4.78, 5) is 9.19. The highest BCUT2D eigenvalue weighted by Gasteiger charge is 2.23. The highest BCUT2D eigenvalue weighted by Crippen LogP contribution is 2.25. The number of nitrogens with two attached hydrogens (primary N) is 1. The first-order valence-corrected chi connectivity index (χ1v) is 5.73. The van der Waals surface area contributed by atoms with E-state index >= 15 is 0 Å². The van der Waals surface area contributed by atoms with Crippen molar-refractivity contribution in [3.8, 4) is 0 Å². The summed E-state index contributed by atoms with van der Waals surface area (Å²) in [7, 11) is 0. The summed E-state index contributed by atoms with van der Waals surface area (Å²) in [6.07, 6.45) is 1.87. The summed E-state index contributed by atoms with van der Waals surface area (Å²) in [6.45, 7) is 13.2. The molecule has 0 atom stereocenters. The zero-order valence-corrected chi connectivity index (χ0v) is 11.3. The second-order valence-electron chi connectivity index (χ2n) is 6.25. The van der Waals surface area contributed by atoms with E-state index in [1.165, 1.54) is 0 Å². The lowest BCUT2D eigenvalue weighted by Gasteiger charge is -2.24. The lowest BCUT2D eigenvalue weighted by Crippen LogP contribution is -2.23. The highest BCUT2D eigenvalue weighted by molar-refractivity contribution is 5.23. The van der Waals surface area contributed by atoms with Crippen LogP contribution in [0.25, 0.3) is 0 Å². The third kappa shape index (κ3) is 2.79. The molecule has 0 unspecified atom stereocenters. The van der Waals surface area contributed by atoms with Crippen LogP contribution in [0, 0.1) is 0 Å². The molecule has 0 aliphatic carbocycles. The van der Waals surface area contributed by atoms with E-state index in [0.29, 0.717) is 6.54 Å². The highest BCUT2D eigenvalue weighted by atomic mass is 14.9. The van der Waals surface area contributed by atoms with E-state index in [1.807, 2.05) is 6.20 Å². The van der Waals surface area contributed by atoms with Crippen molar-refractivity contribution in [3.05, 3.63) is 23.3 Å². The normalized spacial score (nSPS) is 12.9. The van der Waals surface area contributed by atoms with Gasteiger partial charge in [0.2, 0.25) is 0 Å². The average Bonchev–Trinajstić information content (AvgIpc) is 2.14. The molecule has 0 spiro atoms. The van der Waals surface area contributed by atoms with E-state index in [4.69, 9.17) is 5.73 Å². The summed E-state index contributed by atoms with van der Waals surface area (Å²) in [6, 6.07) is 0. The SMILES string of the molecule is CC(C)(C)c1cnc(C(C)(C)C)c(CN)n1. The van der Waals surface area contributed by atoms with Gasteiger partial charge < -0.3 is 5.73 Å². The molecule has 1 aromatic rings. The maximum Gasteiger partial charge on any atom is 0.0763 e. The molecule has 3 nitrogen and oxygen atoms in total. The average molecular weight is 221 g/mol. The number of nitrogens with zero attached hydrogens (tertiary/aromatic N) is 2. The minimum Gasteiger partial charge on any atom is -0.325 e. The number of hydrogen-bond acceptors (Lipinski definition) is 3. The van der Waals surface area contributed by atoms with Crippen LogP contribution in [0.2, 0.25) is 0 Å². The molecule has 1 heterocycles. The van der Waals surface area contributed by atoms with Crippen molar-refractivity contribution in [1.29, 1.82) is 0 Å². The third-order valence-electron chi connectivity index (χ3n) is 2.52. The van der Waals surface area contributed by atoms with Gasteiger partial charge in [0.15, 0.2) is 0 Å². The van der Waals surface area contributed by atoms with Gasteiger partial charge in [-0.3, -0.25) is 9.97 Å². The molecule has 3 heteroatoms. The van der Waals surface area contributed by atoms with Crippen LogP contribution in [0.5, 0.6) is 0 Å². The summed E-state index contributed by atoms with van der Waals surface area (Å²) >= 11 is 0. The minimum absolute atomic E-state index is 0.00187. The number of aromatic nitrogens is 2. The van der Waals surface area contributed by atoms with Crippen LogP contribution in [0.15, 0.2) is 6.20 Å². The van der Waals surface area contributed by atoms with E-state index < -0.39 is 0 Å². The van der Waals surface area contributed by atoms with Crippen LogP contribution in [0.1, 0.15) is 58.6 Å². The Hall–Kier alpha value is -0.960. The maximum absolute atomic E-state index is 5.76. The fourth-order valence-corrected chi connectivity index (χ4v) is 1.56. The van der Waals surface area contributed by atoms with E-state index in [2.05, 4.69) is 51.5 Å². The summed E-state index contributed by atoms with van der Waals surface area (Å²) in [5.74, 6) is 0. The molecule has 0 aromatic carbocycles. The fraction of sp³-hybridized carbons (Fsp3) is 0.692. The molecule has 90 valence electrons. The maximum atomic E-state index is 5.76. The Morgan fingerprint density at radius 1 is 1.06 bits per heavy atom. The van der Waals surface area contributed by atoms with Crippen molar-refractivity contribution in [3.63, 3.8) is 0 Å². The van der Waals surface area contributed by atoms with Crippen molar-refractivity contribution >= 4 is 0 Å². The van der Waals surface area contributed by atoms with Gasteiger partial charge in [0.1, 0.15) is 0 Å². The molecule has 1 rings (SSSR count). The first kappa shape index (κ1) is 13.1. The Morgan fingerprint density at radius 2 is 1.62 bits per heavy atom. The molecular weight excluding hydrogens is 198 g/mol. The Balaban J connectivity index is 3.28. The number of rotatable bonds is 1. The molecule has 0 radical (unpaired) electrons. The van der Waals surface area contributed by atoms with Gasteiger partial charge in [-0.15, -0.1) is 0 Å². The lowest BCUT2D eigenvalue weighted by molar-refractivity contribution is 0.528. The molecule has 16 heavy (non-hydrogen) atoms. The van der Waals surface area contributed by atoms with E-state index in [1.54, 1.807) is 0 Å². The van der Waals surface area contributed by atoms with Crippen molar-refractivity contribution in [2.75, 3.05) is 0 Å². The predicted molar refractivity (Wildman–Crippen MR) is 67.3 cm³/mol. The first-order chi connectivity index (χ1) is 7.16. The third-order valence-corrected chi connectivity index (χ3v) is 2.52. The Kier molecular flexibility index (Phi) is 3.38. The molecular formula is C13H23N3. The zero-order valence-electron chi connectivity index (χ0n) is 11.3. The standard InChI is InChI=1S/C13H23N3/c1-12(2,3)10-8-15-11(13(4,5)6)9(7-14)16-10/h8H,7,14H2,1-6H3. The van der Waals surface area contributed by atoms with Crippen LogP contribution in [-0.2, 0) is 17.4 Å². The second-order valence-corrected chi connectivity index (χ2v) is 6.25. The Bertz CT molecular complexity index is 370. The molecule has 0 aliphatic heterocycles.